The van der Waals surface area contributed by atoms with Crippen LogP contribution in [0.5, 0.6) is 0 Å². The molecule has 2 aromatic carbocycles. The van der Waals surface area contributed by atoms with Gasteiger partial charge in [0.1, 0.15) is 5.52 Å². The van der Waals surface area contributed by atoms with Crippen LogP contribution in [-0.2, 0) is 6.54 Å². The Labute approximate surface area is 152 Å². The number of oxazole rings is 1. The monoisotopic (exact) mass is 375 g/mol. The number of rotatable bonds is 4. The summed E-state index contributed by atoms with van der Waals surface area (Å²) in [5.41, 5.74) is 3.21. The number of aromatic nitrogens is 2. The molecule has 0 saturated carbocycles. The maximum absolute atomic E-state index is 6.21. The van der Waals surface area contributed by atoms with Crippen molar-refractivity contribution in [1.29, 1.82) is 0 Å². The van der Waals surface area contributed by atoms with Crippen LogP contribution in [0, 0.1) is 0 Å². The van der Waals surface area contributed by atoms with Crippen LogP contribution in [0.4, 0.5) is 5.69 Å². The molecule has 0 unspecified atom stereocenters. The molecule has 4 aromatic rings. The van der Waals surface area contributed by atoms with Gasteiger partial charge in [0.15, 0.2) is 10.0 Å². The fourth-order valence-electron chi connectivity index (χ4n) is 2.34. The first kappa shape index (κ1) is 15.4. The highest BCUT2D eigenvalue weighted by molar-refractivity contribution is 7.15. The number of hydrogen-bond acceptors (Lipinski definition) is 5. The minimum absolute atomic E-state index is 0.516. The van der Waals surface area contributed by atoms with E-state index in [0.717, 1.165) is 21.6 Å². The second kappa shape index (κ2) is 6.43. The van der Waals surface area contributed by atoms with Crippen molar-refractivity contribution in [3.05, 3.63) is 63.0 Å². The van der Waals surface area contributed by atoms with E-state index in [1.54, 1.807) is 6.20 Å². The number of thiazole rings is 1. The first-order valence-electron chi connectivity index (χ1n) is 7.18. The number of halogens is 2. The molecule has 24 heavy (non-hydrogen) atoms. The molecular weight excluding hydrogens is 365 g/mol. The van der Waals surface area contributed by atoms with Crippen molar-refractivity contribution in [3.8, 4) is 11.5 Å². The number of nitrogens with one attached hydrogen (secondary N) is 1. The average Bonchev–Trinajstić information content (AvgIpc) is 3.18. The first-order chi connectivity index (χ1) is 11.7. The summed E-state index contributed by atoms with van der Waals surface area (Å²) in [6.07, 6.45) is 1.77. The van der Waals surface area contributed by atoms with Gasteiger partial charge in [-0.3, -0.25) is 0 Å². The van der Waals surface area contributed by atoms with Crippen molar-refractivity contribution in [2.75, 3.05) is 5.32 Å². The van der Waals surface area contributed by atoms with Crippen molar-refractivity contribution in [1.82, 2.24) is 9.97 Å². The molecule has 0 radical (unpaired) electrons. The van der Waals surface area contributed by atoms with E-state index < -0.39 is 0 Å². The van der Waals surface area contributed by atoms with Gasteiger partial charge in [0.2, 0.25) is 5.89 Å². The third-order valence-corrected chi connectivity index (χ3v) is 4.93. The third-order valence-electron chi connectivity index (χ3n) is 3.48. The number of anilines is 1. The molecule has 0 atom stereocenters. The van der Waals surface area contributed by atoms with Crippen LogP contribution < -0.4 is 5.32 Å². The predicted molar refractivity (Wildman–Crippen MR) is 98.9 cm³/mol. The van der Waals surface area contributed by atoms with Gasteiger partial charge in [-0.05, 0) is 24.3 Å². The summed E-state index contributed by atoms with van der Waals surface area (Å²) in [7, 11) is 0. The molecule has 0 aliphatic heterocycles. The van der Waals surface area contributed by atoms with Gasteiger partial charge in [-0.25, -0.2) is 9.97 Å². The maximum atomic E-state index is 6.21. The zero-order chi connectivity index (χ0) is 16.5. The third kappa shape index (κ3) is 3.11. The Morgan fingerprint density at radius 3 is 2.79 bits per heavy atom. The summed E-state index contributed by atoms with van der Waals surface area (Å²) in [4.78, 5) is 9.59. The number of nitrogens with zero attached hydrogens (tertiary/aromatic N) is 2. The quantitative estimate of drug-likeness (QED) is 0.484. The molecular formula is C17H11Cl2N3OS. The lowest BCUT2D eigenvalue weighted by Crippen LogP contribution is -1.96. The van der Waals surface area contributed by atoms with Crippen LogP contribution in [0.15, 0.2) is 53.1 Å². The predicted octanol–water partition coefficient (Wildman–Crippen LogP) is 5.87. The maximum Gasteiger partial charge on any atom is 0.228 e. The highest BCUT2D eigenvalue weighted by Crippen LogP contribution is 2.31. The van der Waals surface area contributed by atoms with Crippen LogP contribution in [-0.4, -0.2) is 9.97 Å². The second-order valence-electron chi connectivity index (χ2n) is 5.11. The lowest BCUT2D eigenvalue weighted by Gasteiger charge is -2.03. The van der Waals surface area contributed by atoms with E-state index in [1.165, 1.54) is 11.3 Å². The van der Waals surface area contributed by atoms with E-state index in [-0.39, 0.29) is 0 Å². The zero-order valence-electron chi connectivity index (χ0n) is 12.3. The van der Waals surface area contributed by atoms with Crippen LogP contribution in [0.25, 0.3) is 22.6 Å². The molecule has 7 heteroatoms. The van der Waals surface area contributed by atoms with Gasteiger partial charge in [0, 0.05) is 22.8 Å². The minimum Gasteiger partial charge on any atom is -0.436 e. The molecule has 0 aliphatic carbocycles. The largest absolute Gasteiger partial charge is 0.436 e. The first-order valence-corrected chi connectivity index (χ1v) is 8.76. The SMILES string of the molecule is Clc1ncc(CNc2ccc3nc(-c4ccccc4Cl)oc3c2)s1. The normalized spacial score (nSPS) is 11.1. The van der Waals surface area contributed by atoms with Crippen molar-refractivity contribution in [3.63, 3.8) is 0 Å². The molecule has 4 rings (SSSR count). The summed E-state index contributed by atoms with van der Waals surface area (Å²) in [6, 6.07) is 13.3. The van der Waals surface area contributed by atoms with Gasteiger partial charge < -0.3 is 9.73 Å². The molecule has 1 N–H and O–H groups in total. The molecule has 120 valence electrons. The number of hydrogen-bond donors (Lipinski definition) is 1. The summed E-state index contributed by atoms with van der Waals surface area (Å²) in [5.74, 6) is 0.516. The Hall–Kier alpha value is -2.08. The van der Waals surface area contributed by atoms with Gasteiger partial charge in [0.05, 0.1) is 17.1 Å². The molecule has 4 nitrogen and oxygen atoms in total. The van der Waals surface area contributed by atoms with Gasteiger partial charge in [0.25, 0.3) is 0 Å². The Bertz CT molecular complexity index is 1010. The van der Waals surface area contributed by atoms with Crippen LogP contribution in [0.2, 0.25) is 9.49 Å². The summed E-state index contributed by atoms with van der Waals surface area (Å²) < 4.78 is 6.41. The fourth-order valence-corrected chi connectivity index (χ4v) is 3.47. The van der Waals surface area contributed by atoms with E-state index in [2.05, 4.69) is 15.3 Å². The standard InChI is InChI=1S/C17H11Cl2N3OS/c18-13-4-2-1-3-12(13)16-22-14-6-5-10(7-15(14)23-16)20-8-11-9-21-17(19)24-11/h1-7,9,20H,8H2. The highest BCUT2D eigenvalue weighted by atomic mass is 35.5. The van der Waals surface area contributed by atoms with E-state index in [0.29, 0.717) is 27.5 Å². The molecule has 0 saturated heterocycles. The number of benzene rings is 2. The summed E-state index contributed by atoms with van der Waals surface area (Å²) >= 11 is 13.5. The molecule has 2 heterocycles. The smallest absolute Gasteiger partial charge is 0.228 e. The van der Waals surface area contributed by atoms with Gasteiger partial charge in [-0.15, -0.1) is 11.3 Å². The van der Waals surface area contributed by atoms with E-state index in [1.807, 2.05) is 42.5 Å². The van der Waals surface area contributed by atoms with Crippen LogP contribution in [0.1, 0.15) is 4.88 Å². The van der Waals surface area contributed by atoms with Gasteiger partial charge >= 0.3 is 0 Å². The molecule has 0 bridgehead atoms. The van der Waals surface area contributed by atoms with Gasteiger partial charge in [-0.2, -0.15) is 0 Å². The Morgan fingerprint density at radius 1 is 1.12 bits per heavy atom. The lowest BCUT2D eigenvalue weighted by atomic mass is 10.2. The van der Waals surface area contributed by atoms with Crippen molar-refractivity contribution < 1.29 is 4.42 Å². The average molecular weight is 376 g/mol. The summed E-state index contributed by atoms with van der Waals surface area (Å²) in [5, 5.41) is 3.94. The van der Waals surface area contributed by atoms with Crippen molar-refractivity contribution >= 4 is 51.3 Å². The van der Waals surface area contributed by atoms with Crippen molar-refractivity contribution in [2.45, 2.75) is 6.54 Å². The molecule has 2 aromatic heterocycles. The minimum atomic E-state index is 0.516. The highest BCUT2D eigenvalue weighted by Gasteiger charge is 2.11. The van der Waals surface area contributed by atoms with E-state index >= 15 is 0 Å². The van der Waals surface area contributed by atoms with E-state index in [4.69, 9.17) is 27.6 Å². The van der Waals surface area contributed by atoms with Gasteiger partial charge in [-0.1, -0.05) is 35.3 Å². The Balaban J connectivity index is 1.60. The fraction of sp³-hybridized carbons (Fsp3) is 0.0588. The molecule has 0 fully saturated rings. The molecule has 0 aliphatic rings. The molecule has 0 amide bonds. The van der Waals surface area contributed by atoms with Crippen molar-refractivity contribution in [2.24, 2.45) is 0 Å². The number of fused-ring (bicyclic) bond motifs is 1. The molecule has 0 spiro atoms. The van der Waals surface area contributed by atoms with Crippen LogP contribution in [0.3, 0.4) is 0 Å². The Kier molecular flexibility index (Phi) is 4.14. The van der Waals surface area contributed by atoms with E-state index in [9.17, 15) is 0 Å². The lowest BCUT2D eigenvalue weighted by molar-refractivity contribution is 0.620. The summed E-state index contributed by atoms with van der Waals surface area (Å²) in [6.45, 7) is 0.654. The zero-order valence-corrected chi connectivity index (χ0v) is 14.6. The second-order valence-corrected chi connectivity index (χ2v) is 7.22. The van der Waals surface area contributed by atoms with Crippen LogP contribution >= 0.6 is 34.5 Å². The topological polar surface area (TPSA) is 51.0 Å². The Morgan fingerprint density at radius 2 is 2.00 bits per heavy atom.